The molecule has 1 aliphatic heterocycles. The van der Waals surface area contributed by atoms with Crippen LogP contribution in [0.1, 0.15) is 25.3 Å². The Labute approximate surface area is 193 Å². The van der Waals surface area contributed by atoms with Gasteiger partial charge in [-0.05, 0) is 32.0 Å². The zero-order valence-electron chi connectivity index (χ0n) is 18.3. The van der Waals surface area contributed by atoms with E-state index in [0.29, 0.717) is 11.8 Å². The molecule has 1 unspecified atom stereocenters. The van der Waals surface area contributed by atoms with Gasteiger partial charge < -0.3 is 15.2 Å². The molecule has 2 N–H and O–H groups in total. The third-order valence-corrected chi connectivity index (χ3v) is 5.02. The predicted octanol–water partition coefficient (Wildman–Crippen LogP) is 3.78. The molecule has 0 spiro atoms. The van der Waals surface area contributed by atoms with Crippen LogP contribution in [0.5, 0.6) is 0 Å². The molecule has 0 saturated heterocycles. The van der Waals surface area contributed by atoms with E-state index in [1.54, 1.807) is 30.3 Å². The minimum absolute atomic E-state index is 0.0833. The lowest BCUT2D eigenvalue weighted by molar-refractivity contribution is -0.142. The molecular formula is C24H20F3N3O4. The lowest BCUT2D eigenvalue weighted by atomic mass is 9.80. The van der Waals surface area contributed by atoms with Crippen LogP contribution in [-0.2, 0) is 19.1 Å². The summed E-state index contributed by atoms with van der Waals surface area (Å²) in [5.74, 6) is -8.22. The summed E-state index contributed by atoms with van der Waals surface area (Å²) in [6.07, 6.45) is 0. The van der Waals surface area contributed by atoms with E-state index in [9.17, 15) is 28.0 Å². The van der Waals surface area contributed by atoms with E-state index >= 15 is 0 Å². The molecule has 0 aromatic heterocycles. The van der Waals surface area contributed by atoms with Gasteiger partial charge in [0.2, 0.25) is 0 Å². The number of para-hydroxylation sites is 1. The number of halogens is 3. The molecule has 1 heterocycles. The number of esters is 2. The van der Waals surface area contributed by atoms with Crippen molar-refractivity contribution in [3.63, 3.8) is 0 Å². The third kappa shape index (κ3) is 4.32. The van der Waals surface area contributed by atoms with Crippen molar-refractivity contribution in [2.75, 3.05) is 18.1 Å². The SMILES string of the molecule is CCOC(=O)C1=C(C(=O)OCC)N(c2ccccc2)C(N)=C(C#N)C1c1cc(F)c(F)cc1F. The molecule has 34 heavy (non-hydrogen) atoms. The minimum atomic E-state index is -1.67. The summed E-state index contributed by atoms with van der Waals surface area (Å²) in [4.78, 5) is 27.4. The number of carbonyl (C=O) groups is 2. The van der Waals surface area contributed by atoms with Gasteiger partial charge in [0.1, 0.15) is 17.3 Å². The van der Waals surface area contributed by atoms with Gasteiger partial charge in [0, 0.05) is 17.3 Å². The Hall–Kier alpha value is -4.26. The van der Waals surface area contributed by atoms with E-state index in [1.165, 1.54) is 13.8 Å². The first-order valence-electron chi connectivity index (χ1n) is 10.2. The fourth-order valence-corrected chi connectivity index (χ4v) is 3.65. The monoisotopic (exact) mass is 471 g/mol. The van der Waals surface area contributed by atoms with Gasteiger partial charge in [-0.15, -0.1) is 0 Å². The van der Waals surface area contributed by atoms with Crippen molar-refractivity contribution in [2.45, 2.75) is 19.8 Å². The van der Waals surface area contributed by atoms with Gasteiger partial charge in [-0.2, -0.15) is 5.26 Å². The second-order valence-corrected chi connectivity index (χ2v) is 7.01. The van der Waals surface area contributed by atoms with Crippen LogP contribution in [0, 0.1) is 28.8 Å². The number of hydrogen-bond acceptors (Lipinski definition) is 7. The summed E-state index contributed by atoms with van der Waals surface area (Å²) in [6, 6.07) is 10.7. The number of benzene rings is 2. The van der Waals surface area contributed by atoms with Crippen molar-refractivity contribution < 1.29 is 32.2 Å². The summed E-state index contributed by atoms with van der Waals surface area (Å²) in [7, 11) is 0. The number of ether oxygens (including phenoxy) is 2. The van der Waals surface area contributed by atoms with E-state index in [4.69, 9.17) is 15.2 Å². The van der Waals surface area contributed by atoms with Crippen LogP contribution in [0.2, 0.25) is 0 Å². The van der Waals surface area contributed by atoms with Crippen LogP contribution in [0.4, 0.5) is 18.9 Å². The van der Waals surface area contributed by atoms with E-state index in [1.807, 2.05) is 6.07 Å². The Balaban J connectivity index is 2.45. The fraction of sp³-hybridized carbons (Fsp3) is 0.208. The number of nitriles is 1. The molecular weight excluding hydrogens is 451 g/mol. The first-order chi connectivity index (χ1) is 16.3. The molecule has 176 valence electrons. The summed E-state index contributed by atoms with van der Waals surface area (Å²) in [5, 5.41) is 9.93. The Morgan fingerprint density at radius 1 is 1.00 bits per heavy atom. The quantitative estimate of drug-likeness (QED) is 0.505. The molecule has 2 aromatic rings. The molecule has 0 fully saturated rings. The van der Waals surface area contributed by atoms with Crippen LogP contribution >= 0.6 is 0 Å². The van der Waals surface area contributed by atoms with Crippen molar-refractivity contribution in [3.05, 3.63) is 88.1 Å². The molecule has 0 aliphatic carbocycles. The number of anilines is 1. The number of allylic oxidation sites excluding steroid dienone is 1. The van der Waals surface area contributed by atoms with Gasteiger partial charge >= 0.3 is 11.9 Å². The molecule has 10 heteroatoms. The highest BCUT2D eigenvalue weighted by atomic mass is 19.2. The first-order valence-corrected chi connectivity index (χ1v) is 10.2. The Morgan fingerprint density at radius 3 is 2.18 bits per heavy atom. The smallest absolute Gasteiger partial charge is 0.355 e. The molecule has 1 atom stereocenters. The van der Waals surface area contributed by atoms with Crippen molar-refractivity contribution in [1.29, 1.82) is 5.26 Å². The zero-order chi connectivity index (χ0) is 25.0. The van der Waals surface area contributed by atoms with E-state index in [2.05, 4.69) is 0 Å². The molecule has 3 rings (SSSR count). The second-order valence-electron chi connectivity index (χ2n) is 7.01. The van der Waals surface area contributed by atoms with Gasteiger partial charge in [0.25, 0.3) is 0 Å². The molecule has 1 aliphatic rings. The third-order valence-electron chi connectivity index (χ3n) is 5.02. The zero-order valence-corrected chi connectivity index (χ0v) is 18.3. The van der Waals surface area contributed by atoms with Crippen LogP contribution in [-0.4, -0.2) is 25.2 Å². The van der Waals surface area contributed by atoms with E-state index < -0.39 is 52.1 Å². The molecule has 0 bridgehead atoms. The maximum atomic E-state index is 14.9. The average molecular weight is 471 g/mol. The van der Waals surface area contributed by atoms with Gasteiger partial charge in [0.05, 0.1) is 36.3 Å². The lowest BCUT2D eigenvalue weighted by Gasteiger charge is -2.36. The lowest BCUT2D eigenvalue weighted by Crippen LogP contribution is -2.41. The molecule has 0 radical (unpaired) electrons. The molecule has 0 saturated carbocycles. The first kappa shape index (κ1) is 24.4. The van der Waals surface area contributed by atoms with Crippen molar-refractivity contribution in [1.82, 2.24) is 0 Å². The highest BCUT2D eigenvalue weighted by Gasteiger charge is 2.44. The standard InChI is InChI=1S/C24H20F3N3O4/c1-3-33-23(31)20-19(14-10-17(26)18(27)11-16(14)25)15(12-28)22(29)30(13-8-6-5-7-9-13)21(20)24(32)34-4-2/h5-11,19H,3-4,29H2,1-2H3. The maximum Gasteiger partial charge on any atom is 0.355 e. The summed E-state index contributed by atoms with van der Waals surface area (Å²) in [5.41, 5.74) is 4.69. The number of rotatable bonds is 6. The van der Waals surface area contributed by atoms with Gasteiger partial charge in [-0.25, -0.2) is 22.8 Å². The highest BCUT2D eigenvalue weighted by molar-refractivity contribution is 6.06. The highest BCUT2D eigenvalue weighted by Crippen LogP contribution is 2.44. The number of nitrogens with two attached hydrogens (primary N) is 1. The maximum absolute atomic E-state index is 14.9. The Bertz CT molecular complexity index is 1240. The normalized spacial score (nSPS) is 15.8. The van der Waals surface area contributed by atoms with Gasteiger partial charge in [0.15, 0.2) is 11.6 Å². The van der Waals surface area contributed by atoms with Gasteiger partial charge in [-0.1, -0.05) is 18.2 Å². The Kier molecular flexibility index (Phi) is 7.26. The number of hydrogen-bond donors (Lipinski definition) is 1. The molecule has 2 aromatic carbocycles. The molecule has 7 nitrogen and oxygen atoms in total. The van der Waals surface area contributed by atoms with Crippen molar-refractivity contribution in [2.24, 2.45) is 5.73 Å². The summed E-state index contributed by atoms with van der Waals surface area (Å²) < 4.78 is 52.9. The number of nitrogens with zero attached hydrogens (tertiary/aromatic N) is 2. The van der Waals surface area contributed by atoms with Crippen LogP contribution in [0.3, 0.4) is 0 Å². The van der Waals surface area contributed by atoms with E-state index in [-0.39, 0.29) is 30.7 Å². The fourth-order valence-electron chi connectivity index (χ4n) is 3.65. The summed E-state index contributed by atoms with van der Waals surface area (Å²) in [6.45, 7) is 2.82. The van der Waals surface area contributed by atoms with Crippen LogP contribution in [0.15, 0.2) is 65.1 Å². The predicted molar refractivity (Wildman–Crippen MR) is 115 cm³/mol. The van der Waals surface area contributed by atoms with Crippen LogP contribution in [0.25, 0.3) is 0 Å². The molecule has 0 amide bonds. The Morgan fingerprint density at radius 2 is 1.59 bits per heavy atom. The average Bonchev–Trinajstić information content (AvgIpc) is 2.81. The van der Waals surface area contributed by atoms with Gasteiger partial charge in [-0.3, -0.25) is 4.90 Å². The minimum Gasteiger partial charge on any atom is -0.463 e. The number of carbonyl (C=O) groups excluding carboxylic acids is 2. The summed E-state index contributed by atoms with van der Waals surface area (Å²) >= 11 is 0. The van der Waals surface area contributed by atoms with E-state index in [0.717, 1.165) is 4.90 Å². The van der Waals surface area contributed by atoms with Crippen LogP contribution < -0.4 is 10.6 Å². The topological polar surface area (TPSA) is 106 Å². The van der Waals surface area contributed by atoms with Crippen molar-refractivity contribution >= 4 is 17.6 Å². The largest absolute Gasteiger partial charge is 0.463 e. The van der Waals surface area contributed by atoms with Crippen molar-refractivity contribution in [3.8, 4) is 6.07 Å². The second kappa shape index (κ2) is 10.1.